The van der Waals surface area contributed by atoms with Gasteiger partial charge in [0.1, 0.15) is 17.4 Å². The van der Waals surface area contributed by atoms with Crippen LogP contribution in [0.1, 0.15) is 55.1 Å². The van der Waals surface area contributed by atoms with Gasteiger partial charge in [0.2, 0.25) is 10.0 Å². The fourth-order valence-electron chi connectivity index (χ4n) is 2.75. The standard InChI is InChI=1S/C20H27ClN2O6S/c1-2-3-4-5-6-9-28-14-23-30(26,27)19-11-16(20(24)25)18(12-17(19)21)22-13-15-8-7-10-29-15/h7-8,10-12,22-23H,2-6,9,13-14H2,1H3,(H,24,25). The number of hydrogen-bond donors (Lipinski definition) is 3. The molecule has 166 valence electrons. The minimum atomic E-state index is -4.04. The maximum absolute atomic E-state index is 12.6. The first-order valence-electron chi connectivity index (χ1n) is 9.75. The molecule has 1 aromatic carbocycles. The average molecular weight is 459 g/mol. The smallest absolute Gasteiger partial charge is 0.337 e. The summed E-state index contributed by atoms with van der Waals surface area (Å²) in [5.74, 6) is -0.693. The molecular formula is C20H27ClN2O6S. The molecule has 3 N–H and O–H groups in total. The predicted octanol–water partition coefficient (Wildman–Crippen LogP) is 4.47. The van der Waals surface area contributed by atoms with Gasteiger partial charge in [-0.2, -0.15) is 4.72 Å². The Morgan fingerprint density at radius 1 is 1.23 bits per heavy atom. The van der Waals surface area contributed by atoms with E-state index in [0.717, 1.165) is 31.7 Å². The molecule has 0 atom stereocenters. The van der Waals surface area contributed by atoms with Crippen LogP contribution in [0.5, 0.6) is 0 Å². The van der Waals surface area contributed by atoms with E-state index in [2.05, 4.69) is 17.0 Å². The molecule has 0 radical (unpaired) electrons. The topological polar surface area (TPSA) is 118 Å². The van der Waals surface area contributed by atoms with Crippen molar-refractivity contribution in [3.05, 3.63) is 46.9 Å². The number of nitrogens with one attached hydrogen (secondary N) is 2. The molecular weight excluding hydrogens is 432 g/mol. The Bertz CT molecular complexity index is 916. The quantitative estimate of drug-likeness (QED) is 0.282. The third kappa shape index (κ3) is 7.32. The largest absolute Gasteiger partial charge is 0.478 e. The summed E-state index contributed by atoms with van der Waals surface area (Å²) in [6, 6.07) is 5.73. The van der Waals surface area contributed by atoms with Gasteiger partial charge in [0, 0.05) is 6.61 Å². The molecule has 0 saturated carbocycles. The van der Waals surface area contributed by atoms with Crippen molar-refractivity contribution in [1.82, 2.24) is 4.72 Å². The fourth-order valence-corrected chi connectivity index (χ4v) is 4.21. The van der Waals surface area contributed by atoms with Gasteiger partial charge in [0.25, 0.3) is 0 Å². The molecule has 0 unspecified atom stereocenters. The molecule has 30 heavy (non-hydrogen) atoms. The summed E-state index contributed by atoms with van der Waals surface area (Å²) in [5, 5.41) is 12.3. The molecule has 1 heterocycles. The molecule has 0 amide bonds. The zero-order valence-electron chi connectivity index (χ0n) is 16.8. The van der Waals surface area contributed by atoms with Crippen LogP contribution in [0.15, 0.2) is 39.8 Å². The van der Waals surface area contributed by atoms with E-state index in [1.54, 1.807) is 12.1 Å². The van der Waals surface area contributed by atoms with Crippen LogP contribution in [-0.4, -0.2) is 32.8 Å². The maximum atomic E-state index is 12.6. The molecule has 0 spiro atoms. The number of hydrogen-bond acceptors (Lipinski definition) is 6. The average Bonchev–Trinajstić information content (AvgIpc) is 3.21. The van der Waals surface area contributed by atoms with Crippen molar-refractivity contribution in [3.63, 3.8) is 0 Å². The third-order valence-electron chi connectivity index (χ3n) is 4.37. The van der Waals surface area contributed by atoms with Gasteiger partial charge in [0.15, 0.2) is 0 Å². The monoisotopic (exact) mass is 458 g/mol. The van der Waals surface area contributed by atoms with Crippen LogP contribution in [0.2, 0.25) is 5.02 Å². The van der Waals surface area contributed by atoms with Crippen molar-refractivity contribution < 1.29 is 27.5 Å². The lowest BCUT2D eigenvalue weighted by molar-refractivity contribution is 0.0697. The third-order valence-corrected chi connectivity index (χ3v) is 6.21. The van der Waals surface area contributed by atoms with Crippen molar-refractivity contribution in [2.45, 2.75) is 50.5 Å². The summed E-state index contributed by atoms with van der Waals surface area (Å²) in [4.78, 5) is 11.3. The molecule has 0 aliphatic heterocycles. The van der Waals surface area contributed by atoms with E-state index in [1.165, 1.54) is 18.8 Å². The van der Waals surface area contributed by atoms with Crippen LogP contribution in [-0.2, 0) is 21.3 Å². The summed E-state index contributed by atoms with van der Waals surface area (Å²) in [6.07, 6.45) is 6.82. The van der Waals surface area contributed by atoms with Crippen LogP contribution in [0.3, 0.4) is 0 Å². The van der Waals surface area contributed by atoms with Gasteiger partial charge < -0.3 is 19.6 Å². The predicted molar refractivity (Wildman–Crippen MR) is 114 cm³/mol. The van der Waals surface area contributed by atoms with Crippen molar-refractivity contribution in [2.24, 2.45) is 0 Å². The van der Waals surface area contributed by atoms with Crippen LogP contribution in [0, 0.1) is 0 Å². The van der Waals surface area contributed by atoms with Crippen LogP contribution in [0.25, 0.3) is 0 Å². The van der Waals surface area contributed by atoms with Crippen molar-refractivity contribution >= 4 is 33.3 Å². The van der Waals surface area contributed by atoms with E-state index < -0.39 is 16.0 Å². The number of benzene rings is 1. The lowest BCUT2D eigenvalue weighted by Crippen LogP contribution is -2.27. The molecule has 2 rings (SSSR count). The molecule has 8 nitrogen and oxygen atoms in total. The summed E-state index contributed by atoms with van der Waals surface area (Å²) in [7, 11) is -4.04. The highest BCUT2D eigenvalue weighted by Gasteiger charge is 2.23. The fraction of sp³-hybridized carbons (Fsp3) is 0.450. The number of halogens is 1. The second kappa shape index (κ2) is 11.9. The lowest BCUT2D eigenvalue weighted by atomic mass is 10.1. The summed E-state index contributed by atoms with van der Waals surface area (Å²) >= 11 is 6.15. The second-order valence-corrected chi connectivity index (χ2v) is 8.82. The van der Waals surface area contributed by atoms with Gasteiger partial charge in [0.05, 0.1) is 29.1 Å². The Hall–Kier alpha value is -2.07. The number of aromatic carboxylic acids is 1. The van der Waals surface area contributed by atoms with Gasteiger partial charge >= 0.3 is 5.97 Å². The minimum Gasteiger partial charge on any atom is -0.478 e. The highest BCUT2D eigenvalue weighted by Crippen LogP contribution is 2.29. The first-order chi connectivity index (χ1) is 14.3. The van der Waals surface area contributed by atoms with E-state index in [0.29, 0.717) is 12.4 Å². The highest BCUT2D eigenvalue weighted by molar-refractivity contribution is 7.89. The van der Waals surface area contributed by atoms with E-state index in [1.807, 2.05) is 0 Å². The molecule has 0 aliphatic carbocycles. The van der Waals surface area contributed by atoms with Crippen molar-refractivity contribution in [3.8, 4) is 0 Å². The lowest BCUT2D eigenvalue weighted by Gasteiger charge is -2.14. The molecule has 1 aromatic heterocycles. The van der Waals surface area contributed by atoms with E-state index in [9.17, 15) is 18.3 Å². The zero-order valence-corrected chi connectivity index (χ0v) is 18.4. The van der Waals surface area contributed by atoms with E-state index in [-0.39, 0.29) is 34.4 Å². The molecule has 10 heteroatoms. The van der Waals surface area contributed by atoms with E-state index >= 15 is 0 Å². The SMILES string of the molecule is CCCCCCCOCNS(=O)(=O)c1cc(C(=O)O)c(NCc2ccco2)cc1Cl. The number of unbranched alkanes of at least 4 members (excludes halogenated alkanes) is 4. The summed E-state index contributed by atoms with van der Waals surface area (Å²) in [6.45, 7) is 2.58. The van der Waals surface area contributed by atoms with E-state index in [4.69, 9.17) is 20.8 Å². The summed E-state index contributed by atoms with van der Waals surface area (Å²) in [5.41, 5.74) is -0.0330. The number of ether oxygens (including phenoxy) is 1. The molecule has 0 saturated heterocycles. The summed E-state index contributed by atoms with van der Waals surface area (Å²) < 4.78 is 37.9. The normalized spacial score (nSPS) is 11.5. The highest BCUT2D eigenvalue weighted by atomic mass is 35.5. The number of carboxylic acid groups (broad SMARTS) is 1. The Morgan fingerprint density at radius 2 is 2.00 bits per heavy atom. The van der Waals surface area contributed by atoms with Crippen molar-refractivity contribution in [2.75, 3.05) is 18.7 Å². The number of furan rings is 1. The number of carboxylic acids is 1. The van der Waals surface area contributed by atoms with Gasteiger partial charge in [-0.05, 0) is 30.7 Å². The van der Waals surface area contributed by atoms with Crippen LogP contribution >= 0.6 is 11.6 Å². The first-order valence-corrected chi connectivity index (χ1v) is 11.6. The zero-order chi connectivity index (χ0) is 22.0. The molecule has 0 aliphatic rings. The molecule has 0 bridgehead atoms. The number of carbonyl (C=O) groups is 1. The van der Waals surface area contributed by atoms with Gasteiger partial charge in [-0.25, -0.2) is 13.2 Å². The first kappa shape index (κ1) is 24.2. The Morgan fingerprint density at radius 3 is 2.67 bits per heavy atom. The Balaban J connectivity index is 2.01. The van der Waals surface area contributed by atoms with Crippen LogP contribution in [0.4, 0.5) is 5.69 Å². The van der Waals surface area contributed by atoms with Gasteiger partial charge in [-0.15, -0.1) is 0 Å². The van der Waals surface area contributed by atoms with Crippen molar-refractivity contribution in [1.29, 1.82) is 0 Å². The van der Waals surface area contributed by atoms with Gasteiger partial charge in [-0.1, -0.05) is 44.2 Å². The Labute approximate surface area is 181 Å². The number of rotatable bonds is 14. The number of anilines is 1. The second-order valence-electron chi connectivity index (χ2n) is 6.68. The van der Waals surface area contributed by atoms with Gasteiger partial charge in [-0.3, -0.25) is 0 Å². The minimum absolute atomic E-state index is 0.103. The molecule has 2 aromatic rings. The number of sulfonamides is 1. The molecule has 0 fully saturated rings. The Kier molecular flexibility index (Phi) is 9.64. The maximum Gasteiger partial charge on any atom is 0.337 e. The van der Waals surface area contributed by atoms with Crippen LogP contribution < -0.4 is 10.0 Å².